The maximum absolute atomic E-state index is 9.78. The zero-order chi connectivity index (χ0) is 16.6. The van der Waals surface area contributed by atoms with Crippen molar-refractivity contribution in [2.75, 3.05) is 0 Å². The summed E-state index contributed by atoms with van der Waals surface area (Å²) in [6.07, 6.45) is 0. The number of benzene rings is 2. The van der Waals surface area contributed by atoms with Gasteiger partial charge in [0.25, 0.3) is 0 Å². The molecule has 1 heterocycles. The smallest absolute Gasteiger partial charge is 0.174 e. The van der Waals surface area contributed by atoms with Crippen LogP contribution in [0.4, 0.5) is 0 Å². The molecule has 0 aliphatic rings. The second-order valence-electron chi connectivity index (χ2n) is 4.72. The first-order chi connectivity index (χ1) is 11.0. The van der Waals surface area contributed by atoms with E-state index in [9.17, 15) is 5.11 Å². The number of aliphatic hydroxyl groups is 1. The van der Waals surface area contributed by atoms with Crippen molar-refractivity contribution >= 4 is 46.4 Å². The molecule has 0 atom stereocenters. The van der Waals surface area contributed by atoms with Crippen LogP contribution >= 0.6 is 46.4 Å². The van der Waals surface area contributed by atoms with E-state index in [1.165, 1.54) is 0 Å². The van der Waals surface area contributed by atoms with E-state index >= 15 is 0 Å². The zero-order valence-corrected chi connectivity index (χ0v) is 14.5. The summed E-state index contributed by atoms with van der Waals surface area (Å²) in [7, 11) is 0. The zero-order valence-electron chi connectivity index (χ0n) is 11.5. The molecule has 1 aromatic heterocycles. The summed E-state index contributed by atoms with van der Waals surface area (Å²) in [4.78, 5) is 0. The monoisotopic (exact) mass is 387 g/mol. The van der Waals surface area contributed by atoms with Gasteiger partial charge in [-0.25, -0.2) is 0 Å². The van der Waals surface area contributed by atoms with Crippen molar-refractivity contribution < 1.29 is 9.63 Å². The molecule has 3 aromatic rings. The van der Waals surface area contributed by atoms with Crippen molar-refractivity contribution in [3.8, 4) is 22.6 Å². The first-order valence-electron chi connectivity index (χ1n) is 6.52. The predicted molar refractivity (Wildman–Crippen MR) is 93.3 cm³/mol. The van der Waals surface area contributed by atoms with Crippen LogP contribution in [-0.2, 0) is 6.61 Å². The summed E-state index contributed by atoms with van der Waals surface area (Å²) < 4.78 is 5.40. The van der Waals surface area contributed by atoms with Gasteiger partial charge in [0, 0.05) is 16.1 Å². The highest BCUT2D eigenvalue weighted by Gasteiger charge is 2.22. The Labute approximate surface area is 152 Å². The highest BCUT2D eigenvalue weighted by Crippen LogP contribution is 2.40. The molecule has 2 aromatic carbocycles. The fourth-order valence-corrected chi connectivity index (χ4v) is 3.00. The summed E-state index contributed by atoms with van der Waals surface area (Å²) in [5.74, 6) is 0.339. The molecule has 3 nitrogen and oxygen atoms in total. The lowest BCUT2D eigenvalue weighted by molar-refractivity contribution is 0.281. The van der Waals surface area contributed by atoms with Gasteiger partial charge in [0.2, 0.25) is 0 Å². The minimum absolute atomic E-state index is 0.306. The summed E-state index contributed by atoms with van der Waals surface area (Å²) in [6, 6.07) is 10.1. The second kappa shape index (κ2) is 6.71. The Balaban J connectivity index is 2.21. The Hall–Kier alpha value is -1.23. The number of rotatable bonds is 3. The molecule has 0 radical (unpaired) electrons. The molecule has 0 bridgehead atoms. The first-order valence-corrected chi connectivity index (χ1v) is 8.03. The molecule has 3 rings (SSSR count). The SMILES string of the molecule is OCc1c(-c2cccc(Cl)c2Cl)noc1-c1cc(Cl)ccc1Cl. The summed E-state index contributed by atoms with van der Waals surface area (Å²) in [5.41, 5.74) is 1.97. The molecule has 23 heavy (non-hydrogen) atoms. The Kier molecular flexibility index (Phi) is 4.85. The van der Waals surface area contributed by atoms with Gasteiger partial charge in [0.05, 0.1) is 27.2 Å². The van der Waals surface area contributed by atoms with Crippen LogP contribution in [0.15, 0.2) is 40.9 Å². The quantitative estimate of drug-likeness (QED) is 0.588. The third kappa shape index (κ3) is 3.08. The molecule has 7 heteroatoms. The second-order valence-corrected chi connectivity index (χ2v) is 6.35. The molecule has 0 aliphatic carbocycles. The molecule has 1 N–H and O–H groups in total. The lowest BCUT2D eigenvalue weighted by atomic mass is 10.0. The summed E-state index contributed by atoms with van der Waals surface area (Å²) in [5, 5.41) is 15.5. The van der Waals surface area contributed by atoms with E-state index < -0.39 is 0 Å². The average molecular weight is 389 g/mol. The van der Waals surface area contributed by atoms with E-state index in [2.05, 4.69) is 5.16 Å². The van der Waals surface area contributed by atoms with E-state index in [0.29, 0.717) is 48.2 Å². The molecule has 0 saturated heterocycles. The Morgan fingerprint density at radius 2 is 1.74 bits per heavy atom. The van der Waals surface area contributed by atoms with Crippen LogP contribution in [0.25, 0.3) is 22.6 Å². The number of hydrogen-bond acceptors (Lipinski definition) is 3. The number of hydrogen-bond donors (Lipinski definition) is 1. The fourth-order valence-electron chi connectivity index (χ4n) is 2.24. The van der Waals surface area contributed by atoms with Gasteiger partial charge >= 0.3 is 0 Å². The Morgan fingerprint density at radius 3 is 2.48 bits per heavy atom. The highest BCUT2D eigenvalue weighted by atomic mass is 35.5. The maximum atomic E-state index is 9.78. The fraction of sp³-hybridized carbons (Fsp3) is 0.0625. The first kappa shape index (κ1) is 16.6. The number of aliphatic hydroxyl groups excluding tert-OH is 1. The van der Waals surface area contributed by atoms with Crippen LogP contribution in [0.3, 0.4) is 0 Å². The number of nitrogens with zero attached hydrogens (tertiary/aromatic N) is 1. The minimum atomic E-state index is -0.306. The topological polar surface area (TPSA) is 46.3 Å². The Bertz CT molecular complexity index is 857. The highest BCUT2D eigenvalue weighted by molar-refractivity contribution is 6.43. The summed E-state index contributed by atoms with van der Waals surface area (Å²) >= 11 is 24.5. The van der Waals surface area contributed by atoms with E-state index in [0.717, 1.165) is 0 Å². The molecule has 0 spiro atoms. The normalized spacial score (nSPS) is 11.0. The summed E-state index contributed by atoms with van der Waals surface area (Å²) in [6.45, 7) is -0.306. The van der Waals surface area contributed by atoms with Crippen molar-refractivity contribution in [3.63, 3.8) is 0 Å². The molecule has 0 aliphatic heterocycles. The van der Waals surface area contributed by atoms with E-state index in [1.54, 1.807) is 36.4 Å². The van der Waals surface area contributed by atoms with Crippen LogP contribution in [0, 0.1) is 0 Å². The van der Waals surface area contributed by atoms with Gasteiger partial charge in [-0.15, -0.1) is 0 Å². The molecule has 0 unspecified atom stereocenters. The molecule has 0 fully saturated rings. The lowest BCUT2D eigenvalue weighted by Gasteiger charge is -2.06. The van der Waals surface area contributed by atoms with Gasteiger partial charge in [-0.2, -0.15) is 0 Å². The van der Waals surface area contributed by atoms with Crippen molar-refractivity contribution in [2.24, 2.45) is 0 Å². The van der Waals surface area contributed by atoms with E-state index in [-0.39, 0.29) is 6.61 Å². The van der Waals surface area contributed by atoms with Crippen LogP contribution in [0.1, 0.15) is 5.56 Å². The maximum Gasteiger partial charge on any atom is 0.174 e. The molecule has 0 saturated carbocycles. The van der Waals surface area contributed by atoms with E-state index in [4.69, 9.17) is 50.9 Å². The van der Waals surface area contributed by atoms with Gasteiger partial charge in [0.1, 0.15) is 5.69 Å². The average Bonchev–Trinajstić information content (AvgIpc) is 2.96. The third-order valence-corrected chi connectivity index (χ3v) is 4.71. The standard InChI is InChI=1S/C16H9Cl4NO2/c17-8-4-5-12(18)10(6-8)16-11(7-22)15(21-23-16)9-2-1-3-13(19)14(9)20/h1-6,22H,7H2. The molecule has 118 valence electrons. The lowest BCUT2D eigenvalue weighted by Crippen LogP contribution is -1.90. The van der Waals surface area contributed by atoms with Gasteiger partial charge in [-0.3, -0.25) is 0 Å². The van der Waals surface area contributed by atoms with Crippen molar-refractivity contribution in [1.29, 1.82) is 0 Å². The van der Waals surface area contributed by atoms with Gasteiger partial charge in [-0.1, -0.05) is 63.7 Å². The Morgan fingerprint density at radius 1 is 0.957 bits per heavy atom. The van der Waals surface area contributed by atoms with E-state index in [1.807, 2.05) is 0 Å². The molecule has 0 amide bonds. The molecular formula is C16H9Cl4NO2. The van der Waals surface area contributed by atoms with Crippen molar-refractivity contribution in [2.45, 2.75) is 6.61 Å². The van der Waals surface area contributed by atoms with Crippen molar-refractivity contribution in [3.05, 3.63) is 62.1 Å². The number of halogens is 4. The largest absolute Gasteiger partial charge is 0.391 e. The molecular weight excluding hydrogens is 380 g/mol. The van der Waals surface area contributed by atoms with Crippen LogP contribution in [-0.4, -0.2) is 10.3 Å². The minimum Gasteiger partial charge on any atom is -0.391 e. The predicted octanol–water partition coefficient (Wildman–Crippen LogP) is 6.11. The number of aromatic nitrogens is 1. The third-order valence-electron chi connectivity index (χ3n) is 3.33. The van der Waals surface area contributed by atoms with Gasteiger partial charge < -0.3 is 9.63 Å². The van der Waals surface area contributed by atoms with Crippen molar-refractivity contribution in [1.82, 2.24) is 5.16 Å². The van der Waals surface area contributed by atoms with Gasteiger partial charge in [0.15, 0.2) is 5.76 Å². The van der Waals surface area contributed by atoms with Crippen LogP contribution < -0.4 is 0 Å². The van der Waals surface area contributed by atoms with Gasteiger partial charge in [-0.05, 0) is 24.3 Å². The van der Waals surface area contributed by atoms with Crippen LogP contribution in [0.2, 0.25) is 20.1 Å². The van der Waals surface area contributed by atoms with Crippen LogP contribution in [0.5, 0.6) is 0 Å².